The summed E-state index contributed by atoms with van der Waals surface area (Å²) >= 11 is 6.08. The van der Waals surface area contributed by atoms with Crippen molar-refractivity contribution in [1.29, 1.82) is 0 Å². The molecule has 0 radical (unpaired) electrons. The van der Waals surface area contributed by atoms with Gasteiger partial charge in [-0.15, -0.1) is 0 Å². The van der Waals surface area contributed by atoms with Gasteiger partial charge >= 0.3 is 0 Å². The van der Waals surface area contributed by atoms with Crippen LogP contribution in [0.3, 0.4) is 0 Å². The minimum Gasteiger partial charge on any atom is -0.497 e. The van der Waals surface area contributed by atoms with E-state index in [9.17, 15) is 22.4 Å². The average Bonchev–Trinajstić information content (AvgIpc) is 2.82. The Labute approximate surface area is 195 Å². The normalized spacial score (nSPS) is 10.9. The van der Waals surface area contributed by atoms with Crippen molar-refractivity contribution in [2.75, 3.05) is 18.5 Å². The minimum atomic E-state index is -4.03. The molecule has 0 heterocycles. The zero-order valence-electron chi connectivity index (χ0n) is 17.5. The number of hydrogen-bond acceptors (Lipinski definition) is 5. The molecular formula is C22H19ClFN3O5S. The van der Waals surface area contributed by atoms with Gasteiger partial charge in [0.2, 0.25) is 0 Å². The van der Waals surface area contributed by atoms with E-state index < -0.39 is 27.7 Å². The highest BCUT2D eigenvalue weighted by Crippen LogP contribution is 2.27. The van der Waals surface area contributed by atoms with Gasteiger partial charge in [0.25, 0.3) is 21.8 Å². The van der Waals surface area contributed by atoms with Gasteiger partial charge in [-0.2, -0.15) is 0 Å². The molecule has 0 saturated carbocycles. The maximum Gasteiger partial charge on any atom is 0.271 e. The fourth-order valence-corrected chi connectivity index (χ4v) is 4.21. The number of nitrogens with one attached hydrogen (secondary N) is 2. The summed E-state index contributed by atoms with van der Waals surface area (Å²) in [6.45, 7) is 0. The molecule has 8 nitrogen and oxygen atoms in total. The van der Waals surface area contributed by atoms with E-state index in [2.05, 4.69) is 10.9 Å². The molecule has 0 unspecified atom stereocenters. The van der Waals surface area contributed by atoms with Crippen molar-refractivity contribution in [2.45, 2.75) is 4.90 Å². The molecule has 0 aliphatic rings. The number of amides is 2. The van der Waals surface area contributed by atoms with Gasteiger partial charge in [-0.25, -0.2) is 12.8 Å². The average molecular weight is 492 g/mol. The molecule has 11 heteroatoms. The molecule has 0 aromatic heterocycles. The Morgan fingerprint density at radius 3 is 2.15 bits per heavy atom. The summed E-state index contributed by atoms with van der Waals surface area (Å²) in [5.74, 6) is -1.47. The van der Waals surface area contributed by atoms with Gasteiger partial charge in [0.15, 0.2) is 0 Å². The summed E-state index contributed by atoms with van der Waals surface area (Å²) in [7, 11) is -1.16. The number of halogens is 2. The summed E-state index contributed by atoms with van der Waals surface area (Å²) in [5, 5.41) is -0.0189. The van der Waals surface area contributed by atoms with Crippen molar-refractivity contribution in [1.82, 2.24) is 10.9 Å². The first-order valence-electron chi connectivity index (χ1n) is 9.42. The second kappa shape index (κ2) is 9.88. The van der Waals surface area contributed by atoms with Crippen LogP contribution < -0.4 is 19.9 Å². The Morgan fingerprint density at radius 1 is 0.939 bits per heavy atom. The number of hydrogen-bond donors (Lipinski definition) is 2. The number of carbonyl (C=O) groups excluding carboxylic acids is 2. The molecule has 0 atom stereocenters. The lowest BCUT2D eigenvalue weighted by molar-refractivity contribution is 0.0846. The van der Waals surface area contributed by atoms with E-state index >= 15 is 0 Å². The van der Waals surface area contributed by atoms with Gasteiger partial charge in [-0.3, -0.25) is 24.7 Å². The third-order valence-electron chi connectivity index (χ3n) is 4.67. The van der Waals surface area contributed by atoms with E-state index in [4.69, 9.17) is 16.3 Å². The Kier molecular flexibility index (Phi) is 7.19. The van der Waals surface area contributed by atoms with Crippen LogP contribution >= 0.6 is 11.6 Å². The minimum absolute atomic E-state index is 0.0189. The number of hydrazine groups is 1. The Hall–Kier alpha value is -3.63. The predicted molar refractivity (Wildman–Crippen MR) is 121 cm³/mol. The molecule has 3 aromatic rings. The molecule has 2 N–H and O–H groups in total. The first kappa shape index (κ1) is 24.0. The smallest absolute Gasteiger partial charge is 0.271 e. The lowest BCUT2D eigenvalue weighted by Crippen LogP contribution is -2.41. The fourth-order valence-electron chi connectivity index (χ4n) is 2.78. The lowest BCUT2D eigenvalue weighted by atomic mass is 10.2. The number of methoxy groups -OCH3 is 1. The third kappa shape index (κ3) is 5.41. The zero-order chi connectivity index (χ0) is 24.2. The molecule has 0 aliphatic heterocycles. The molecular weight excluding hydrogens is 473 g/mol. The van der Waals surface area contributed by atoms with Crippen molar-refractivity contribution in [3.05, 3.63) is 88.7 Å². The van der Waals surface area contributed by atoms with Crippen molar-refractivity contribution < 1.29 is 27.1 Å². The molecule has 172 valence electrons. The Morgan fingerprint density at radius 2 is 1.55 bits per heavy atom. The van der Waals surface area contributed by atoms with E-state index in [1.165, 1.54) is 38.4 Å². The molecule has 3 aromatic carbocycles. The maximum atomic E-state index is 13.1. The van der Waals surface area contributed by atoms with Crippen LogP contribution in [-0.4, -0.2) is 34.4 Å². The molecule has 33 heavy (non-hydrogen) atoms. The van der Waals surface area contributed by atoms with E-state index in [1.54, 1.807) is 24.3 Å². The maximum absolute atomic E-state index is 13.1. The highest BCUT2D eigenvalue weighted by molar-refractivity contribution is 7.92. The number of carbonyl (C=O) groups is 2. The second-order valence-corrected chi connectivity index (χ2v) is 9.10. The van der Waals surface area contributed by atoms with Crippen LogP contribution in [0.25, 0.3) is 0 Å². The van der Waals surface area contributed by atoms with Gasteiger partial charge < -0.3 is 4.74 Å². The molecule has 0 fully saturated rings. The highest BCUT2D eigenvalue weighted by atomic mass is 35.5. The van der Waals surface area contributed by atoms with Crippen molar-refractivity contribution in [3.8, 4) is 5.75 Å². The highest BCUT2D eigenvalue weighted by Gasteiger charge is 2.24. The quantitative estimate of drug-likeness (QED) is 0.514. The van der Waals surface area contributed by atoms with Crippen molar-refractivity contribution >= 4 is 39.1 Å². The number of nitrogens with zero attached hydrogens (tertiary/aromatic N) is 1. The lowest BCUT2D eigenvalue weighted by Gasteiger charge is -2.20. The number of sulfonamides is 1. The summed E-state index contributed by atoms with van der Waals surface area (Å²) in [5.41, 5.74) is 4.66. The van der Waals surface area contributed by atoms with Crippen LogP contribution in [0.15, 0.2) is 71.6 Å². The number of benzene rings is 3. The summed E-state index contributed by atoms with van der Waals surface area (Å²) in [4.78, 5) is 24.5. The second-order valence-electron chi connectivity index (χ2n) is 6.73. The van der Waals surface area contributed by atoms with Gasteiger partial charge in [0.05, 0.1) is 28.3 Å². The predicted octanol–water partition coefficient (Wildman–Crippen LogP) is 3.39. The largest absolute Gasteiger partial charge is 0.497 e. The monoisotopic (exact) mass is 491 g/mol. The van der Waals surface area contributed by atoms with E-state index in [0.29, 0.717) is 11.4 Å². The zero-order valence-corrected chi connectivity index (χ0v) is 19.1. The van der Waals surface area contributed by atoms with Gasteiger partial charge in [0, 0.05) is 12.6 Å². The third-order valence-corrected chi connectivity index (χ3v) is 6.78. The molecule has 2 amide bonds. The fraction of sp³-hybridized carbons (Fsp3) is 0.0909. The summed E-state index contributed by atoms with van der Waals surface area (Å²) in [6, 6.07) is 14.7. The first-order valence-corrected chi connectivity index (χ1v) is 11.2. The van der Waals surface area contributed by atoms with Gasteiger partial charge in [0.1, 0.15) is 11.6 Å². The van der Waals surface area contributed by atoms with Crippen molar-refractivity contribution in [2.24, 2.45) is 0 Å². The Balaban J connectivity index is 1.79. The molecule has 0 spiro atoms. The van der Waals surface area contributed by atoms with E-state index in [1.807, 2.05) is 0 Å². The van der Waals surface area contributed by atoms with Crippen LogP contribution in [-0.2, 0) is 10.0 Å². The number of ether oxygens (including phenoxy) is 1. The van der Waals surface area contributed by atoms with Crippen LogP contribution in [0.2, 0.25) is 5.02 Å². The summed E-state index contributed by atoms with van der Waals surface area (Å²) < 4.78 is 45.3. The number of rotatable bonds is 6. The van der Waals surface area contributed by atoms with Crippen LogP contribution in [0.1, 0.15) is 20.7 Å². The van der Waals surface area contributed by atoms with Crippen LogP contribution in [0.5, 0.6) is 5.75 Å². The molecule has 0 aliphatic carbocycles. The van der Waals surface area contributed by atoms with Crippen LogP contribution in [0.4, 0.5) is 10.1 Å². The summed E-state index contributed by atoms with van der Waals surface area (Å²) in [6.07, 6.45) is 0. The van der Waals surface area contributed by atoms with E-state index in [0.717, 1.165) is 22.5 Å². The number of anilines is 1. The standard InChI is InChI=1S/C22H19ClFN3O5S/c1-27(16-7-9-17(32-2)10-8-16)33(30,31)18-11-12-20(23)19(13-18)22(29)26-25-21(28)14-3-5-15(24)6-4-14/h3-13H,1-2H3,(H,25,28)(H,26,29). The Bertz CT molecular complexity index is 1280. The van der Waals surface area contributed by atoms with Crippen molar-refractivity contribution in [3.63, 3.8) is 0 Å². The van der Waals surface area contributed by atoms with E-state index in [-0.39, 0.29) is 21.0 Å². The molecule has 0 bridgehead atoms. The van der Waals surface area contributed by atoms with Gasteiger partial charge in [-0.1, -0.05) is 11.6 Å². The molecule has 0 saturated heterocycles. The first-order chi connectivity index (χ1) is 15.6. The SMILES string of the molecule is COc1ccc(N(C)S(=O)(=O)c2ccc(Cl)c(C(=O)NNC(=O)c3ccc(F)cc3)c2)cc1. The topological polar surface area (TPSA) is 105 Å². The van der Waals surface area contributed by atoms with Gasteiger partial charge in [-0.05, 0) is 66.7 Å². The molecule has 3 rings (SSSR count). The van der Waals surface area contributed by atoms with Crippen LogP contribution in [0, 0.1) is 5.82 Å².